The standard InChI is InChI=1S/C33H28N5O4S/c39-27-16-17-28(40)38(27)42-29(41)13-7-8-20-37-21-18-23(19-22-37)14-15-26-30(24-9-3-1-4-10-24)32-33(36-43-35-32)31(34-26)25-11-5-2-6-12-25/h1-6,9-12,14-15,18-19,21-22H,7-8,13,16-17,20H2/q+1/b15-14+. The molecule has 0 radical (unpaired) electrons. The summed E-state index contributed by atoms with van der Waals surface area (Å²) in [6, 6.07) is 24.2. The van der Waals surface area contributed by atoms with Gasteiger partial charge >= 0.3 is 5.97 Å². The first-order valence-electron chi connectivity index (χ1n) is 14.1. The van der Waals surface area contributed by atoms with Gasteiger partial charge in [0, 0.05) is 48.9 Å². The number of hydrogen-bond donors (Lipinski definition) is 0. The van der Waals surface area contributed by atoms with Crippen molar-refractivity contribution in [3.05, 3.63) is 96.4 Å². The summed E-state index contributed by atoms with van der Waals surface area (Å²) >= 11 is 1.19. The van der Waals surface area contributed by atoms with E-state index in [1.54, 1.807) is 0 Å². The van der Waals surface area contributed by atoms with Gasteiger partial charge in [-0.15, -0.1) is 5.06 Å². The first-order chi connectivity index (χ1) is 21.1. The molecule has 10 heteroatoms. The number of aryl methyl sites for hydroxylation is 1. The molecule has 0 aliphatic carbocycles. The maximum Gasteiger partial charge on any atom is 0.333 e. The molecule has 1 saturated heterocycles. The van der Waals surface area contributed by atoms with Crippen LogP contribution in [0.4, 0.5) is 0 Å². The topological polar surface area (TPSA) is 106 Å². The van der Waals surface area contributed by atoms with Gasteiger partial charge in [0.25, 0.3) is 11.8 Å². The number of pyridine rings is 2. The van der Waals surface area contributed by atoms with Crippen molar-refractivity contribution in [3.8, 4) is 22.4 Å². The fourth-order valence-electron chi connectivity index (χ4n) is 4.94. The number of amides is 2. The average molecular weight is 591 g/mol. The number of hydrogen-bond acceptors (Lipinski definition) is 8. The molecule has 0 atom stereocenters. The largest absolute Gasteiger partial charge is 0.333 e. The molecule has 1 aliphatic rings. The summed E-state index contributed by atoms with van der Waals surface area (Å²) in [5.41, 5.74) is 7.21. The highest BCUT2D eigenvalue weighted by Crippen LogP contribution is 2.36. The molecule has 3 aromatic heterocycles. The zero-order valence-electron chi connectivity index (χ0n) is 23.3. The van der Waals surface area contributed by atoms with Gasteiger partial charge in [-0.2, -0.15) is 8.75 Å². The Balaban J connectivity index is 1.15. The summed E-state index contributed by atoms with van der Waals surface area (Å²) in [7, 11) is 0. The molecule has 5 aromatic rings. The Morgan fingerprint density at radius 2 is 1.49 bits per heavy atom. The van der Waals surface area contributed by atoms with Crippen LogP contribution in [0.5, 0.6) is 0 Å². The average Bonchev–Trinajstić information content (AvgIpc) is 3.65. The van der Waals surface area contributed by atoms with Crippen LogP contribution in [0, 0.1) is 0 Å². The molecule has 4 heterocycles. The monoisotopic (exact) mass is 590 g/mol. The van der Waals surface area contributed by atoms with Crippen LogP contribution < -0.4 is 4.57 Å². The van der Waals surface area contributed by atoms with Crippen LogP contribution in [0.3, 0.4) is 0 Å². The van der Waals surface area contributed by atoms with Crippen molar-refractivity contribution in [2.45, 2.75) is 38.6 Å². The number of aromatic nitrogens is 4. The number of fused-ring (bicyclic) bond motifs is 1. The molecule has 6 rings (SSSR count). The third kappa shape index (κ3) is 6.39. The van der Waals surface area contributed by atoms with Gasteiger partial charge in [-0.1, -0.05) is 66.7 Å². The zero-order chi connectivity index (χ0) is 29.6. The zero-order valence-corrected chi connectivity index (χ0v) is 24.1. The third-order valence-electron chi connectivity index (χ3n) is 7.14. The number of benzene rings is 2. The van der Waals surface area contributed by atoms with Gasteiger partial charge in [-0.3, -0.25) is 9.59 Å². The fraction of sp³-hybridized carbons (Fsp3) is 0.182. The van der Waals surface area contributed by atoms with Crippen molar-refractivity contribution in [2.75, 3.05) is 0 Å². The predicted molar refractivity (Wildman–Crippen MR) is 163 cm³/mol. The van der Waals surface area contributed by atoms with Gasteiger partial charge in [0.1, 0.15) is 17.6 Å². The predicted octanol–water partition coefficient (Wildman–Crippen LogP) is 5.66. The minimum absolute atomic E-state index is 0.0892. The van der Waals surface area contributed by atoms with Gasteiger partial charge in [0.05, 0.1) is 23.1 Å². The van der Waals surface area contributed by atoms with E-state index in [9.17, 15) is 14.4 Å². The second kappa shape index (κ2) is 12.8. The molecule has 0 N–H and O–H groups in total. The summed E-state index contributed by atoms with van der Waals surface area (Å²) in [6.45, 7) is 0.715. The Bertz CT molecular complexity index is 1790. The Morgan fingerprint density at radius 1 is 0.837 bits per heavy atom. The lowest BCUT2D eigenvalue weighted by atomic mass is 9.99. The molecular weight excluding hydrogens is 562 g/mol. The smallest absolute Gasteiger partial charge is 0.330 e. The second-order valence-corrected chi connectivity index (χ2v) is 10.6. The molecule has 9 nitrogen and oxygen atoms in total. The highest BCUT2D eigenvalue weighted by atomic mass is 32.1. The molecule has 0 unspecified atom stereocenters. The number of rotatable bonds is 10. The molecular formula is C33H28N5O4S+. The van der Waals surface area contributed by atoms with Crippen LogP contribution in [0.1, 0.15) is 43.4 Å². The van der Waals surface area contributed by atoms with Crippen molar-refractivity contribution in [1.29, 1.82) is 0 Å². The summed E-state index contributed by atoms with van der Waals surface area (Å²) in [5.74, 6) is -1.50. The van der Waals surface area contributed by atoms with Gasteiger partial charge in [-0.05, 0) is 23.6 Å². The lowest BCUT2D eigenvalue weighted by molar-refractivity contribution is -0.697. The van der Waals surface area contributed by atoms with Crippen molar-refractivity contribution in [1.82, 2.24) is 18.8 Å². The molecule has 0 bridgehead atoms. The maximum atomic E-state index is 12.0. The first-order valence-corrected chi connectivity index (χ1v) is 14.8. The minimum atomic E-state index is -0.570. The molecule has 0 spiro atoms. The Hall–Kier alpha value is -5.09. The van der Waals surface area contributed by atoms with Gasteiger partial charge in [-0.25, -0.2) is 14.3 Å². The number of hydroxylamine groups is 2. The third-order valence-corrected chi connectivity index (χ3v) is 7.67. The van der Waals surface area contributed by atoms with E-state index in [0.717, 1.165) is 51.1 Å². The van der Waals surface area contributed by atoms with E-state index in [0.29, 0.717) is 18.0 Å². The van der Waals surface area contributed by atoms with Crippen LogP contribution >= 0.6 is 11.7 Å². The highest BCUT2D eigenvalue weighted by Gasteiger charge is 2.32. The van der Waals surface area contributed by atoms with Crippen LogP contribution in [0.2, 0.25) is 0 Å². The molecule has 1 aliphatic heterocycles. The quantitative estimate of drug-likeness (QED) is 0.117. The van der Waals surface area contributed by atoms with Crippen LogP contribution in [0.25, 0.3) is 45.6 Å². The van der Waals surface area contributed by atoms with E-state index < -0.39 is 17.8 Å². The lowest BCUT2D eigenvalue weighted by Gasteiger charge is -2.12. The first kappa shape index (κ1) is 28.0. The number of carbonyl (C=O) groups is 3. The number of imide groups is 1. The van der Waals surface area contributed by atoms with Gasteiger partial charge in [0.15, 0.2) is 12.4 Å². The molecule has 214 valence electrons. The van der Waals surface area contributed by atoms with Gasteiger partial charge in [0.2, 0.25) is 0 Å². The Morgan fingerprint density at radius 3 is 2.19 bits per heavy atom. The van der Waals surface area contributed by atoms with E-state index in [-0.39, 0.29) is 19.3 Å². The molecule has 2 amide bonds. The highest BCUT2D eigenvalue weighted by molar-refractivity contribution is 7.00. The van der Waals surface area contributed by atoms with Crippen molar-refractivity contribution >= 4 is 52.7 Å². The van der Waals surface area contributed by atoms with Crippen LogP contribution in [-0.2, 0) is 25.8 Å². The maximum absolute atomic E-state index is 12.0. The van der Waals surface area contributed by atoms with E-state index in [2.05, 4.69) is 20.9 Å². The summed E-state index contributed by atoms with van der Waals surface area (Å²) in [4.78, 5) is 45.2. The number of carbonyl (C=O) groups excluding carboxylic acids is 3. The van der Waals surface area contributed by atoms with Crippen LogP contribution in [0.15, 0.2) is 85.2 Å². The van der Waals surface area contributed by atoms with Gasteiger partial charge < -0.3 is 4.84 Å². The van der Waals surface area contributed by atoms with E-state index in [4.69, 9.17) is 9.82 Å². The summed E-state index contributed by atoms with van der Waals surface area (Å²) in [5, 5.41) is 0.593. The van der Waals surface area contributed by atoms with Crippen molar-refractivity contribution in [2.24, 2.45) is 0 Å². The van der Waals surface area contributed by atoms with E-state index >= 15 is 0 Å². The lowest BCUT2D eigenvalue weighted by Crippen LogP contribution is -2.33. The SMILES string of the molecule is O=C(CCCC[n+]1ccc(/C=C/c2nc(-c3ccccc3)c3nsnc3c2-c2ccccc2)cc1)ON1C(=O)CCC1=O. The molecule has 43 heavy (non-hydrogen) atoms. The van der Waals surface area contributed by atoms with E-state index in [1.807, 2.05) is 89.8 Å². The van der Waals surface area contributed by atoms with Crippen molar-refractivity contribution in [3.63, 3.8) is 0 Å². The van der Waals surface area contributed by atoms with Crippen LogP contribution in [-0.4, -0.2) is 36.6 Å². The Kier molecular flexibility index (Phi) is 8.37. The second-order valence-electron chi connectivity index (χ2n) is 10.1. The normalized spacial score (nSPS) is 13.3. The number of nitrogens with zero attached hydrogens (tertiary/aromatic N) is 5. The molecule has 1 fully saturated rings. The fourth-order valence-corrected chi connectivity index (χ4v) is 5.49. The van der Waals surface area contributed by atoms with E-state index in [1.165, 1.54) is 11.7 Å². The molecule has 2 aromatic carbocycles. The number of unbranched alkanes of at least 4 members (excludes halogenated alkanes) is 1. The molecule has 0 saturated carbocycles. The van der Waals surface area contributed by atoms with Crippen molar-refractivity contribution < 1.29 is 23.8 Å². The Labute approximate surface area is 252 Å². The minimum Gasteiger partial charge on any atom is -0.330 e. The summed E-state index contributed by atoms with van der Waals surface area (Å²) < 4.78 is 11.3. The summed E-state index contributed by atoms with van der Waals surface area (Å²) in [6.07, 6.45) is 9.69.